The topological polar surface area (TPSA) is 66.8 Å². The summed E-state index contributed by atoms with van der Waals surface area (Å²) in [5, 5.41) is 19.1. The Balaban J connectivity index is 2.92. The Morgan fingerprint density at radius 1 is 1.38 bits per heavy atom. The van der Waals surface area contributed by atoms with E-state index in [4.69, 9.17) is 4.74 Å². The first-order chi connectivity index (χ1) is 9.90. The van der Waals surface area contributed by atoms with E-state index in [-0.39, 0.29) is 37.6 Å². The third-order valence-electron chi connectivity index (χ3n) is 4.61. The molecule has 0 aliphatic heterocycles. The molecule has 0 spiro atoms. The maximum Gasteiger partial charge on any atom is 0.302 e. The van der Waals surface area contributed by atoms with Crippen LogP contribution >= 0.6 is 0 Å². The highest BCUT2D eigenvalue weighted by atomic mass is 16.5. The van der Waals surface area contributed by atoms with E-state index in [9.17, 15) is 15.0 Å². The first kappa shape index (κ1) is 17.7. The van der Waals surface area contributed by atoms with Crippen molar-refractivity contribution in [1.82, 2.24) is 0 Å². The average molecular weight is 294 g/mol. The van der Waals surface area contributed by atoms with Crippen molar-refractivity contribution in [2.24, 2.45) is 17.3 Å². The minimum Gasteiger partial charge on any atom is -0.461 e. The third-order valence-corrected chi connectivity index (χ3v) is 4.61. The van der Waals surface area contributed by atoms with Gasteiger partial charge in [-0.05, 0) is 42.2 Å². The SMILES string of the molecule is C=CC1(CO)CCC(C(=C)CO)CC1C(=C)COC(C)=O. The summed E-state index contributed by atoms with van der Waals surface area (Å²) in [7, 11) is 0. The molecule has 0 aromatic carbocycles. The number of esters is 1. The lowest BCUT2D eigenvalue weighted by molar-refractivity contribution is -0.140. The minimum absolute atomic E-state index is 0.0153. The summed E-state index contributed by atoms with van der Waals surface area (Å²) < 4.78 is 5.04. The zero-order valence-corrected chi connectivity index (χ0v) is 12.8. The Hall–Kier alpha value is -1.39. The van der Waals surface area contributed by atoms with Crippen molar-refractivity contribution in [2.45, 2.75) is 26.2 Å². The van der Waals surface area contributed by atoms with Gasteiger partial charge >= 0.3 is 5.97 Å². The molecule has 2 N–H and O–H groups in total. The van der Waals surface area contributed by atoms with Crippen molar-refractivity contribution in [3.05, 3.63) is 37.0 Å². The van der Waals surface area contributed by atoms with Crippen molar-refractivity contribution in [3.8, 4) is 0 Å². The Bertz CT molecular complexity index is 427. The molecule has 3 atom stereocenters. The summed E-state index contributed by atoms with van der Waals surface area (Å²) in [5.74, 6) is -0.202. The molecule has 4 nitrogen and oxygen atoms in total. The number of hydrogen-bond donors (Lipinski definition) is 2. The molecule has 0 bridgehead atoms. The van der Waals surface area contributed by atoms with E-state index < -0.39 is 5.41 Å². The smallest absolute Gasteiger partial charge is 0.302 e. The van der Waals surface area contributed by atoms with Gasteiger partial charge < -0.3 is 14.9 Å². The maximum absolute atomic E-state index is 11.0. The molecule has 0 aromatic rings. The summed E-state index contributed by atoms with van der Waals surface area (Å²) in [4.78, 5) is 11.0. The number of rotatable bonds is 7. The van der Waals surface area contributed by atoms with Crippen LogP contribution in [0.5, 0.6) is 0 Å². The second-order valence-electron chi connectivity index (χ2n) is 5.87. The van der Waals surface area contributed by atoms with Gasteiger partial charge in [0.05, 0.1) is 13.2 Å². The fourth-order valence-corrected chi connectivity index (χ4v) is 3.12. The molecule has 1 aliphatic carbocycles. The van der Waals surface area contributed by atoms with E-state index >= 15 is 0 Å². The van der Waals surface area contributed by atoms with E-state index in [1.165, 1.54) is 6.92 Å². The highest BCUT2D eigenvalue weighted by Crippen LogP contribution is 2.48. The third kappa shape index (κ3) is 4.05. The predicted octanol–water partition coefficient (Wildman–Crippen LogP) is 2.24. The molecule has 3 unspecified atom stereocenters. The summed E-state index contributed by atoms with van der Waals surface area (Å²) in [6, 6.07) is 0. The van der Waals surface area contributed by atoms with E-state index in [1.807, 2.05) is 0 Å². The van der Waals surface area contributed by atoms with Crippen LogP contribution in [0.1, 0.15) is 26.2 Å². The van der Waals surface area contributed by atoms with E-state index in [1.54, 1.807) is 6.08 Å². The van der Waals surface area contributed by atoms with Crippen LogP contribution in [0, 0.1) is 17.3 Å². The molecule has 1 aliphatic rings. The van der Waals surface area contributed by atoms with Gasteiger partial charge in [-0.1, -0.05) is 19.2 Å². The van der Waals surface area contributed by atoms with Crippen LogP contribution in [0.4, 0.5) is 0 Å². The van der Waals surface area contributed by atoms with Crippen molar-refractivity contribution in [3.63, 3.8) is 0 Å². The number of carbonyl (C=O) groups excluding carboxylic acids is 1. The molecular formula is C17H26O4. The minimum atomic E-state index is -0.441. The zero-order valence-electron chi connectivity index (χ0n) is 12.8. The Labute approximate surface area is 126 Å². The van der Waals surface area contributed by atoms with Crippen LogP contribution in [-0.4, -0.2) is 36.0 Å². The molecule has 1 saturated carbocycles. The molecule has 0 amide bonds. The number of hydrogen-bond acceptors (Lipinski definition) is 4. The lowest BCUT2D eigenvalue weighted by Crippen LogP contribution is -2.40. The first-order valence-corrected chi connectivity index (χ1v) is 7.24. The van der Waals surface area contributed by atoms with Crippen LogP contribution in [0.25, 0.3) is 0 Å². The summed E-state index contributed by atoms with van der Waals surface area (Å²) in [5.41, 5.74) is 1.13. The molecule has 1 fully saturated rings. The van der Waals surface area contributed by atoms with E-state index in [0.29, 0.717) is 0 Å². The van der Waals surface area contributed by atoms with Crippen LogP contribution in [-0.2, 0) is 9.53 Å². The summed E-state index contributed by atoms with van der Waals surface area (Å²) in [6.07, 6.45) is 4.12. The number of aliphatic hydroxyl groups excluding tert-OH is 2. The molecular weight excluding hydrogens is 268 g/mol. The molecule has 118 valence electrons. The van der Waals surface area contributed by atoms with Gasteiger partial charge in [0, 0.05) is 12.3 Å². The maximum atomic E-state index is 11.0. The van der Waals surface area contributed by atoms with Crippen molar-refractivity contribution >= 4 is 5.97 Å². The van der Waals surface area contributed by atoms with E-state index in [2.05, 4.69) is 19.7 Å². The van der Waals surface area contributed by atoms with Crippen LogP contribution in [0.3, 0.4) is 0 Å². The predicted molar refractivity (Wildman–Crippen MR) is 82.5 cm³/mol. The fourth-order valence-electron chi connectivity index (χ4n) is 3.12. The molecule has 0 saturated heterocycles. The van der Waals surface area contributed by atoms with Gasteiger partial charge in [0.2, 0.25) is 0 Å². The second kappa shape index (κ2) is 7.57. The molecule has 21 heavy (non-hydrogen) atoms. The lowest BCUT2D eigenvalue weighted by Gasteiger charge is -2.45. The first-order valence-electron chi connectivity index (χ1n) is 7.24. The van der Waals surface area contributed by atoms with Gasteiger partial charge in [-0.25, -0.2) is 0 Å². The van der Waals surface area contributed by atoms with Gasteiger partial charge in [-0.3, -0.25) is 4.79 Å². The van der Waals surface area contributed by atoms with Gasteiger partial charge in [0.1, 0.15) is 6.61 Å². The highest BCUT2D eigenvalue weighted by molar-refractivity contribution is 5.66. The molecule has 1 rings (SSSR count). The summed E-state index contributed by atoms with van der Waals surface area (Å²) >= 11 is 0. The zero-order chi connectivity index (χ0) is 16.0. The standard InChI is InChI=1S/C17H26O4/c1-5-17(11-19)7-6-15(12(2)9-18)8-16(17)13(3)10-21-14(4)20/h5,15-16,18-19H,1-3,6-11H2,4H3. The number of ether oxygens (including phenoxy) is 1. The Kier molecular flexibility index (Phi) is 6.37. The summed E-state index contributed by atoms with van der Waals surface area (Å²) in [6.45, 7) is 13.3. The normalized spacial score (nSPS) is 28.7. The Morgan fingerprint density at radius 3 is 2.52 bits per heavy atom. The molecule has 0 radical (unpaired) electrons. The lowest BCUT2D eigenvalue weighted by atomic mass is 9.60. The molecule has 0 heterocycles. The van der Waals surface area contributed by atoms with Crippen LogP contribution in [0.2, 0.25) is 0 Å². The number of aliphatic hydroxyl groups is 2. The van der Waals surface area contributed by atoms with Crippen molar-refractivity contribution in [2.75, 3.05) is 19.8 Å². The fraction of sp³-hybridized carbons (Fsp3) is 0.588. The van der Waals surface area contributed by atoms with Gasteiger partial charge in [0.15, 0.2) is 0 Å². The van der Waals surface area contributed by atoms with Crippen LogP contribution < -0.4 is 0 Å². The largest absolute Gasteiger partial charge is 0.461 e. The van der Waals surface area contributed by atoms with Gasteiger partial charge in [-0.2, -0.15) is 0 Å². The average Bonchev–Trinajstić information content (AvgIpc) is 2.50. The highest BCUT2D eigenvalue weighted by Gasteiger charge is 2.42. The van der Waals surface area contributed by atoms with Crippen molar-refractivity contribution < 1.29 is 19.7 Å². The Morgan fingerprint density at radius 2 is 2.05 bits per heavy atom. The monoisotopic (exact) mass is 294 g/mol. The van der Waals surface area contributed by atoms with Crippen LogP contribution in [0.15, 0.2) is 37.0 Å². The van der Waals surface area contributed by atoms with E-state index in [0.717, 1.165) is 30.4 Å². The number of carbonyl (C=O) groups is 1. The van der Waals surface area contributed by atoms with Gasteiger partial charge in [-0.15, -0.1) is 6.58 Å². The van der Waals surface area contributed by atoms with Gasteiger partial charge in [0.25, 0.3) is 0 Å². The second-order valence-corrected chi connectivity index (χ2v) is 5.87. The molecule has 4 heteroatoms. The molecule has 0 aromatic heterocycles. The van der Waals surface area contributed by atoms with Crippen molar-refractivity contribution in [1.29, 1.82) is 0 Å². The quantitative estimate of drug-likeness (QED) is 0.558.